The molecular formula is C17H13FN4O2S. The maximum atomic E-state index is 13.0. The van der Waals surface area contributed by atoms with Crippen molar-refractivity contribution in [1.82, 2.24) is 4.98 Å². The fraction of sp³-hybridized carbons (Fsp3) is 0. The minimum Gasteiger partial charge on any atom is -0.351 e. The molecule has 0 aliphatic carbocycles. The van der Waals surface area contributed by atoms with Crippen LogP contribution in [0.1, 0.15) is 10.4 Å². The Morgan fingerprint density at radius 3 is 2.32 bits per heavy atom. The number of nitrogens with zero attached hydrogens (tertiary/aromatic N) is 1. The minimum atomic E-state index is -0.673. The van der Waals surface area contributed by atoms with Crippen LogP contribution in [0.15, 0.2) is 53.9 Å². The van der Waals surface area contributed by atoms with E-state index in [0.717, 1.165) is 5.56 Å². The van der Waals surface area contributed by atoms with Crippen molar-refractivity contribution in [3.05, 3.63) is 65.3 Å². The average molecular weight is 356 g/mol. The van der Waals surface area contributed by atoms with E-state index < -0.39 is 6.03 Å². The summed E-state index contributed by atoms with van der Waals surface area (Å²) in [7, 11) is 0. The molecule has 0 spiro atoms. The normalized spacial score (nSPS) is 10.3. The standard InChI is InChI=1S/C17H13FN4O2S/c18-12-5-1-10(2-6-12)14-9-25-17(21-14)22-15(23)11-3-7-13(8-4-11)20-16(19)24/h1-9H,(H3,19,20,24)(H,21,22,23). The van der Waals surface area contributed by atoms with Gasteiger partial charge in [0.1, 0.15) is 5.82 Å². The lowest BCUT2D eigenvalue weighted by Gasteiger charge is -2.04. The Kier molecular flexibility index (Phi) is 4.71. The number of carbonyl (C=O) groups excluding carboxylic acids is 2. The Morgan fingerprint density at radius 2 is 1.68 bits per heavy atom. The maximum absolute atomic E-state index is 13.0. The number of urea groups is 1. The Bertz CT molecular complexity index is 907. The zero-order chi connectivity index (χ0) is 17.8. The van der Waals surface area contributed by atoms with Crippen LogP contribution in [-0.2, 0) is 0 Å². The molecule has 0 unspecified atom stereocenters. The van der Waals surface area contributed by atoms with Gasteiger partial charge in [0.2, 0.25) is 0 Å². The van der Waals surface area contributed by atoms with Gasteiger partial charge >= 0.3 is 6.03 Å². The monoisotopic (exact) mass is 356 g/mol. The van der Waals surface area contributed by atoms with Gasteiger partial charge in [0.15, 0.2) is 5.13 Å². The van der Waals surface area contributed by atoms with Crippen LogP contribution in [0, 0.1) is 5.82 Å². The number of benzene rings is 2. The number of rotatable bonds is 4. The third-order valence-electron chi connectivity index (χ3n) is 3.28. The van der Waals surface area contributed by atoms with Gasteiger partial charge < -0.3 is 11.1 Å². The van der Waals surface area contributed by atoms with E-state index in [9.17, 15) is 14.0 Å². The summed E-state index contributed by atoms with van der Waals surface area (Å²) in [6.45, 7) is 0. The summed E-state index contributed by atoms with van der Waals surface area (Å²) < 4.78 is 13.0. The molecule has 0 saturated carbocycles. The summed E-state index contributed by atoms with van der Waals surface area (Å²) in [5.41, 5.74) is 7.35. The molecule has 0 fully saturated rings. The molecule has 0 aliphatic heterocycles. The summed E-state index contributed by atoms with van der Waals surface area (Å²) in [5.74, 6) is -0.646. The molecule has 6 nitrogen and oxygen atoms in total. The quantitative estimate of drug-likeness (QED) is 0.665. The highest BCUT2D eigenvalue weighted by molar-refractivity contribution is 7.14. The van der Waals surface area contributed by atoms with Crippen molar-refractivity contribution in [2.24, 2.45) is 5.73 Å². The Balaban J connectivity index is 1.69. The second-order valence-corrected chi connectivity index (χ2v) is 5.92. The summed E-state index contributed by atoms with van der Waals surface area (Å²) in [6, 6.07) is 11.6. The average Bonchev–Trinajstić information content (AvgIpc) is 3.04. The third-order valence-corrected chi connectivity index (χ3v) is 4.04. The van der Waals surface area contributed by atoms with Gasteiger partial charge in [-0.15, -0.1) is 11.3 Å². The van der Waals surface area contributed by atoms with Crippen molar-refractivity contribution in [3.8, 4) is 11.3 Å². The first-order valence-corrected chi connectivity index (χ1v) is 8.08. The number of nitrogens with two attached hydrogens (primary N) is 1. The molecule has 2 aromatic carbocycles. The van der Waals surface area contributed by atoms with Gasteiger partial charge in [-0.2, -0.15) is 0 Å². The summed E-state index contributed by atoms with van der Waals surface area (Å²) >= 11 is 1.27. The van der Waals surface area contributed by atoms with Crippen molar-refractivity contribution in [3.63, 3.8) is 0 Å². The van der Waals surface area contributed by atoms with Crippen LogP contribution < -0.4 is 16.4 Å². The number of thiazole rings is 1. The molecule has 25 heavy (non-hydrogen) atoms. The number of hydrogen-bond donors (Lipinski definition) is 3. The number of amides is 3. The van der Waals surface area contributed by atoms with E-state index in [4.69, 9.17) is 5.73 Å². The molecule has 1 aromatic heterocycles. The molecule has 1 heterocycles. The SMILES string of the molecule is NC(=O)Nc1ccc(C(=O)Nc2nc(-c3ccc(F)cc3)cs2)cc1. The highest BCUT2D eigenvalue weighted by atomic mass is 32.1. The van der Waals surface area contributed by atoms with E-state index in [1.54, 1.807) is 41.8 Å². The van der Waals surface area contributed by atoms with E-state index in [2.05, 4.69) is 15.6 Å². The summed E-state index contributed by atoms with van der Waals surface area (Å²) in [5, 5.41) is 7.33. The molecule has 0 bridgehead atoms. The number of halogens is 1. The lowest BCUT2D eigenvalue weighted by molar-refractivity contribution is 0.102. The number of hydrogen-bond acceptors (Lipinski definition) is 4. The van der Waals surface area contributed by atoms with E-state index in [1.165, 1.54) is 23.5 Å². The van der Waals surface area contributed by atoms with Crippen LogP contribution in [0.2, 0.25) is 0 Å². The fourth-order valence-electron chi connectivity index (χ4n) is 2.10. The number of primary amides is 1. The lowest BCUT2D eigenvalue weighted by atomic mass is 10.2. The predicted octanol–water partition coefficient (Wildman–Crippen LogP) is 3.69. The van der Waals surface area contributed by atoms with Gasteiger partial charge in [0, 0.05) is 22.2 Å². The molecule has 0 saturated heterocycles. The van der Waals surface area contributed by atoms with Crippen molar-refractivity contribution < 1.29 is 14.0 Å². The first kappa shape index (κ1) is 16.6. The van der Waals surface area contributed by atoms with Crippen LogP contribution in [0.3, 0.4) is 0 Å². The predicted molar refractivity (Wildman–Crippen MR) is 95.1 cm³/mol. The van der Waals surface area contributed by atoms with Crippen LogP contribution in [-0.4, -0.2) is 16.9 Å². The van der Waals surface area contributed by atoms with Crippen LogP contribution in [0.4, 0.5) is 20.0 Å². The maximum Gasteiger partial charge on any atom is 0.316 e. The first-order chi connectivity index (χ1) is 12.0. The molecule has 126 valence electrons. The second-order valence-electron chi connectivity index (χ2n) is 5.07. The lowest BCUT2D eigenvalue weighted by Crippen LogP contribution is -2.19. The Hall–Kier alpha value is -3.26. The van der Waals surface area contributed by atoms with Gasteiger partial charge in [-0.1, -0.05) is 0 Å². The molecule has 0 atom stereocenters. The van der Waals surface area contributed by atoms with Gasteiger partial charge in [0.25, 0.3) is 5.91 Å². The van der Waals surface area contributed by atoms with Gasteiger partial charge in [0.05, 0.1) is 5.69 Å². The number of anilines is 2. The van der Waals surface area contributed by atoms with Crippen LogP contribution >= 0.6 is 11.3 Å². The van der Waals surface area contributed by atoms with Crippen molar-refractivity contribution in [2.75, 3.05) is 10.6 Å². The van der Waals surface area contributed by atoms with Crippen LogP contribution in [0.5, 0.6) is 0 Å². The molecule has 3 rings (SSSR count). The smallest absolute Gasteiger partial charge is 0.316 e. The summed E-state index contributed by atoms with van der Waals surface area (Å²) in [6.07, 6.45) is 0. The van der Waals surface area contributed by atoms with Crippen molar-refractivity contribution in [2.45, 2.75) is 0 Å². The number of nitrogens with one attached hydrogen (secondary N) is 2. The van der Waals surface area contributed by atoms with Crippen LogP contribution in [0.25, 0.3) is 11.3 Å². The van der Waals surface area contributed by atoms with E-state index in [1.807, 2.05) is 0 Å². The highest BCUT2D eigenvalue weighted by Gasteiger charge is 2.10. The van der Waals surface area contributed by atoms with E-state index >= 15 is 0 Å². The molecule has 3 aromatic rings. The fourth-order valence-corrected chi connectivity index (χ4v) is 2.82. The minimum absolute atomic E-state index is 0.318. The molecule has 8 heteroatoms. The largest absolute Gasteiger partial charge is 0.351 e. The Labute approximate surface area is 146 Å². The van der Waals surface area contributed by atoms with E-state index in [-0.39, 0.29) is 11.7 Å². The first-order valence-electron chi connectivity index (χ1n) is 7.20. The topological polar surface area (TPSA) is 97.1 Å². The third kappa shape index (κ3) is 4.18. The summed E-state index contributed by atoms with van der Waals surface area (Å²) in [4.78, 5) is 27.3. The van der Waals surface area contributed by atoms with Crippen molar-refractivity contribution >= 4 is 34.1 Å². The van der Waals surface area contributed by atoms with Gasteiger partial charge in [-0.05, 0) is 48.5 Å². The molecular weight excluding hydrogens is 343 g/mol. The van der Waals surface area contributed by atoms with Crippen molar-refractivity contribution in [1.29, 1.82) is 0 Å². The Morgan fingerprint density at radius 1 is 1.00 bits per heavy atom. The molecule has 4 N–H and O–H groups in total. The highest BCUT2D eigenvalue weighted by Crippen LogP contribution is 2.25. The zero-order valence-electron chi connectivity index (χ0n) is 12.8. The molecule has 0 radical (unpaired) electrons. The van der Waals surface area contributed by atoms with Gasteiger partial charge in [-0.3, -0.25) is 10.1 Å². The second kappa shape index (κ2) is 7.10. The zero-order valence-corrected chi connectivity index (χ0v) is 13.6. The van der Waals surface area contributed by atoms with E-state index in [0.29, 0.717) is 22.1 Å². The molecule has 3 amide bonds. The number of carbonyl (C=O) groups is 2. The number of aromatic nitrogens is 1. The van der Waals surface area contributed by atoms with Gasteiger partial charge in [-0.25, -0.2) is 14.2 Å². The molecule has 0 aliphatic rings.